The fourth-order valence-corrected chi connectivity index (χ4v) is 12.0. The van der Waals surface area contributed by atoms with Crippen molar-refractivity contribution in [2.75, 3.05) is 39.6 Å². The van der Waals surface area contributed by atoms with Crippen LogP contribution in [0.1, 0.15) is 356 Å². The Labute approximate surface area is 537 Å². The van der Waals surface area contributed by atoms with Crippen molar-refractivity contribution in [3.63, 3.8) is 0 Å². The van der Waals surface area contributed by atoms with Gasteiger partial charge in [0.05, 0.1) is 26.4 Å². The first-order valence-electron chi connectivity index (χ1n) is 36.1. The standard InChI is InChI=1S/C69H134O17P2/c1-6-9-12-15-18-21-23-25-26-27-28-29-31-33-35-38-44-49-54-68(73)85-64(58-80-67(72)53-48-43-37-34-32-30-24-22-19-16-13-10-7-2)60-83-87(75,76)81-56-63(70)57-82-88(77,78)84-61-65(59-79-66(71)52-47-42-36-20-17-14-11-8-3)86-69(74)55-50-45-40-39-41-46-51-62(4)5/h62-65,70H,6-61H2,1-5H3,(H,75,76)(H,77,78)/t63-,64-,65-/m1/s1. The van der Waals surface area contributed by atoms with E-state index in [9.17, 15) is 43.2 Å². The number of phosphoric ester groups is 2. The fourth-order valence-electron chi connectivity index (χ4n) is 10.5. The SMILES string of the molecule is CCCCCCCCCCCCCCCCCCCCC(=O)O[C@H](COC(=O)CCCCCCCCCCCCCCC)COP(=O)(O)OC[C@@H](O)COP(=O)(O)OC[C@@H](COC(=O)CCCCCCCCCC)OC(=O)CCCCCCCCC(C)C. The van der Waals surface area contributed by atoms with E-state index in [4.69, 9.17) is 37.0 Å². The molecule has 0 bridgehead atoms. The number of carbonyl (C=O) groups excluding carboxylic acids is 4. The normalized spacial score (nSPS) is 14.1. The second-order valence-electron chi connectivity index (χ2n) is 25.4. The first-order valence-corrected chi connectivity index (χ1v) is 39.1. The lowest BCUT2D eigenvalue weighted by Crippen LogP contribution is -2.30. The Balaban J connectivity index is 5.19. The lowest BCUT2D eigenvalue weighted by Gasteiger charge is -2.21. The van der Waals surface area contributed by atoms with Crippen LogP contribution in [-0.2, 0) is 65.4 Å². The highest BCUT2D eigenvalue weighted by Gasteiger charge is 2.30. The summed E-state index contributed by atoms with van der Waals surface area (Å²) < 4.78 is 68.1. The summed E-state index contributed by atoms with van der Waals surface area (Å²) in [5, 5.41) is 10.6. The number of aliphatic hydroxyl groups is 1. The van der Waals surface area contributed by atoms with Gasteiger partial charge in [-0.2, -0.15) is 0 Å². The average molecular weight is 1300 g/mol. The number of hydrogen-bond acceptors (Lipinski definition) is 15. The van der Waals surface area contributed by atoms with Crippen molar-refractivity contribution < 1.29 is 80.2 Å². The van der Waals surface area contributed by atoms with Crippen LogP contribution in [0.5, 0.6) is 0 Å². The van der Waals surface area contributed by atoms with Crippen LogP contribution in [-0.4, -0.2) is 96.7 Å². The molecule has 3 N–H and O–H groups in total. The number of ether oxygens (including phenoxy) is 4. The van der Waals surface area contributed by atoms with Gasteiger partial charge in [-0.15, -0.1) is 0 Å². The molecule has 0 aliphatic heterocycles. The number of esters is 4. The third-order valence-electron chi connectivity index (χ3n) is 16.0. The Kier molecular flexibility index (Phi) is 61.1. The highest BCUT2D eigenvalue weighted by molar-refractivity contribution is 7.47. The summed E-state index contributed by atoms with van der Waals surface area (Å²) >= 11 is 0. The molecule has 0 fully saturated rings. The zero-order valence-electron chi connectivity index (χ0n) is 56.9. The Morgan fingerprint density at radius 1 is 0.307 bits per heavy atom. The van der Waals surface area contributed by atoms with Crippen LogP contribution in [0.15, 0.2) is 0 Å². The first-order chi connectivity index (χ1) is 42.5. The molecule has 17 nitrogen and oxygen atoms in total. The van der Waals surface area contributed by atoms with Crippen molar-refractivity contribution in [2.24, 2.45) is 5.92 Å². The van der Waals surface area contributed by atoms with Gasteiger partial charge >= 0.3 is 39.5 Å². The molecule has 0 spiro atoms. The van der Waals surface area contributed by atoms with Crippen molar-refractivity contribution in [1.29, 1.82) is 0 Å². The molecule has 0 saturated heterocycles. The molecule has 0 saturated carbocycles. The van der Waals surface area contributed by atoms with E-state index in [0.29, 0.717) is 31.6 Å². The van der Waals surface area contributed by atoms with Crippen molar-refractivity contribution in [1.82, 2.24) is 0 Å². The quantitative estimate of drug-likeness (QED) is 0.0222. The maximum Gasteiger partial charge on any atom is 0.472 e. The van der Waals surface area contributed by atoms with Crippen molar-refractivity contribution in [3.8, 4) is 0 Å². The summed E-state index contributed by atoms with van der Waals surface area (Å²) in [6.07, 6.45) is 48.8. The topological polar surface area (TPSA) is 237 Å². The molecule has 0 aromatic heterocycles. The minimum absolute atomic E-state index is 0.102. The molecular weight excluding hydrogens is 1160 g/mol. The number of carbonyl (C=O) groups is 4. The van der Waals surface area contributed by atoms with E-state index in [-0.39, 0.29) is 25.7 Å². The Morgan fingerprint density at radius 2 is 0.523 bits per heavy atom. The molecular formula is C69H134O17P2. The average Bonchev–Trinajstić information content (AvgIpc) is 3.54. The van der Waals surface area contributed by atoms with E-state index in [0.717, 1.165) is 96.3 Å². The number of aliphatic hydroxyl groups excluding tert-OH is 1. The van der Waals surface area contributed by atoms with E-state index >= 15 is 0 Å². The summed E-state index contributed by atoms with van der Waals surface area (Å²) in [7, 11) is -9.89. The smallest absolute Gasteiger partial charge is 0.462 e. The molecule has 19 heteroatoms. The van der Waals surface area contributed by atoms with E-state index in [2.05, 4.69) is 34.6 Å². The number of hydrogen-bond donors (Lipinski definition) is 3. The minimum Gasteiger partial charge on any atom is -0.462 e. The van der Waals surface area contributed by atoms with Gasteiger partial charge in [0.25, 0.3) is 0 Å². The molecule has 0 aromatic carbocycles. The van der Waals surface area contributed by atoms with Crippen LogP contribution in [0.25, 0.3) is 0 Å². The third kappa shape index (κ3) is 62.8. The Bertz CT molecular complexity index is 1700. The van der Waals surface area contributed by atoms with Gasteiger partial charge in [-0.25, -0.2) is 9.13 Å². The molecule has 0 heterocycles. The summed E-state index contributed by atoms with van der Waals surface area (Å²) in [4.78, 5) is 72.3. The van der Waals surface area contributed by atoms with Crippen LogP contribution >= 0.6 is 15.6 Å². The van der Waals surface area contributed by atoms with Crippen molar-refractivity contribution >= 4 is 39.5 Å². The number of unbranched alkanes of at least 4 members (excludes halogenated alkanes) is 41. The molecule has 0 rings (SSSR count). The van der Waals surface area contributed by atoms with Crippen LogP contribution < -0.4 is 0 Å². The van der Waals surface area contributed by atoms with Crippen LogP contribution in [0.2, 0.25) is 0 Å². The zero-order valence-corrected chi connectivity index (χ0v) is 58.6. The van der Waals surface area contributed by atoms with Crippen LogP contribution in [0.4, 0.5) is 0 Å². The lowest BCUT2D eigenvalue weighted by molar-refractivity contribution is -0.161. The third-order valence-corrected chi connectivity index (χ3v) is 17.9. The second-order valence-corrected chi connectivity index (χ2v) is 28.3. The summed E-state index contributed by atoms with van der Waals surface area (Å²) in [5.41, 5.74) is 0. The van der Waals surface area contributed by atoms with Gasteiger partial charge in [-0.05, 0) is 31.6 Å². The predicted molar refractivity (Wildman–Crippen MR) is 354 cm³/mol. The van der Waals surface area contributed by atoms with E-state index < -0.39 is 97.5 Å². The van der Waals surface area contributed by atoms with Gasteiger partial charge in [0.2, 0.25) is 0 Å². The maximum absolute atomic E-state index is 13.0. The molecule has 0 amide bonds. The lowest BCUT2D eigenvalue weighted by atomic mass is 10.0. The van der Waals surface area contributed by atoms with Crippen molar-refractivity contribution in [2.45, 2.75) is 374 Å². The molecule has 0 aromatic rings. The molecule has 0 aliphatic carbocycles. The molecule has 522 valence electrons. The van der Waals surface area contributed by atoms with Gasteiger partial charge < -0.3 is 33.8 Å². The predicted octanol–water partition coefficient (Wildman–Crippen LogP) is 19.7. The van der Waals surface area contributed by atoms with Gasteiger partial charge in [-0.3, -0.25) is 37.3 Å². The first kappa shape index (κ1) is 86.1. The molecule has 0 radical (unpaired) electrons. The monoisotopic (exact) mass is 1300 g/mol. The van der Waals surface area contributed by atoms with E-state index in [1.807, 2.05) is 0 Å². The van der Waals surface area contributed by atoms with Crippen LogP contribution in [0, 0.1) is 5.92 Å². The molecule has 0 aliphatic rings. The van der Waals surface area contributed by atoms with E-state index in [1.54, 1.807) is 0 Å². The highest BCUT2D eigenvalue weighted by atomic mass is 31.2. The van der Waals surface area contributed by atoms with Gasteiger partial charge in [-0.1, -0.05) is 304 Å². The largest absolute Gasteiger partial charge is 0.472 e. The van der Waals surface area contributed by atoms with E-state index in [1.165, 1.54) is 173 Å². The summed E-state index contributed by atoms with van der Waals surface area (Å²) in [6.45, 7) is 7.12. The second kappa shape index (κ2) is 62.5. The molecule has 88 heavy (non-hydrogen) atoms. The maximum atomic E-state index is 13.0. The zero-order chi connectivity index (χ0) is 64.9. The Morgan fingerprint density at radius 3 is 0.773 bits per heavy atom. The summed E-state index contributed by atoms with van der Waals surface area (Å²) in [6, 6.07) is 0. The summed E-state index contributed by atoms with van der Waals surface area (Å²) in [5.74, 6) is -1.46. The number of rotatable bonds is 69. The highest BCUT2D eigenvalue weighted by Crippen LogP contribution is 2.45. The van der Waals surface area contributed by atoms with Crippen molar-refractivity contribution in [3.05, 3.63) is 0 Å². The van der Waals surface area contributed by atoms with Crippen LogP contribution in [0.3, 0.4) is 0 Å². The Hall–Kier alpha value is -1.94. The van der Waals surface area contributed by atoms with Gasteiger partial charge in [0.1, 0.15) is 19.3 Å². The number of phosphoric acid groups is 2. The van der Waals surface area contributed by atoms with Gasteiger partial charge in [0.15, 0.2) is 12.2 Å². The fraction of sp³-hybridized carbons (Fsp3) is 0.942. The minimum atomic E-state index is -4.95. The molecule has 2 unspecified atom stereocenters. The molecule has 5 atom stereocenters. The van der Waals surface area contributed by atoms with Gasteiger partial charge in [0, 0.05) is 25.7 Å².